The summed E-state index contributed by atoms with van der Waals surface area (Å²) in [6.45, 7) is -0.999. The molecule has 2 amide bonds. The first-order chi connectivity index (χ1) is 15.8. The number of carbonyl (C=O) groups is 2. The number of benzene rings is 2. The van der Waals surface area contributed by atoms with Crippen LogP contribution in [-0.2, 0) is 21.0 Å². The van der Waals surface area contributed by atoms with Crippen molar-refractivity contribution in [2.45, 2.75) is 13.0 Å². The zero-order valence-corrected chi connectivity index (χ0v) is 19.6. The predicted molar refractivity (Wildman–Crippen MR) is 121 cm³/mol. The zero-order chi connectivity index (χ0) is 24.4. The molecule has 0 saturated heterocycles. The molecule has 0 saturated carbocycles. The van der Waals surface area contributed by atoms with Crippen LogP contribution in [0.25, 0.3) is 0 Å². The lowest BCUT2D eigenvalue weighted by molar-refractivity contribution is -0.122. The summed E-state index contributed by atoms with van der Waals surface area (Å²) in [4.78, 5) is 33.5. The molecule has 0 spiro atoms. The van der Waals surface area contributed by atoms with Crippen LogP contribution in [0.3, 0.4) is 0 Å². The van der Waals surface area contributed by atoms with Gasteiger partial charge in [-0.15, -0.1) is 0 Å². The van der Waals surface area contributed by atoms with Crippen molar-refractivity contribution in [1.82, 2.24) is 16.3 Å². The van der Waals surface area contributed by atoms with Crippen molar-refractivity contribution < 1.29 is 37.5 Å². The molecule has 0 fully saturated rings. The van der Waals surface area contributed by atoms with Crippen LogP contribution in [0.5, 0.6) is 0 Å². The number of hydrogen-bond donors (Lipinski definition) is 5. The Morgan fingerprint density at radius 3 is 2.52 bits per heavy atom. The number of nitrogens with one attached hydrogen (secondary N) is 4. The molecule has 0 atom stereocenters. The van der Waals surface area contributed by atoms with Gasteiger partial charge in [0.2, 0.25) is 5.91 Å². The van der Waals surface area contributed by atoms with E-state index < -0.39 is 29.0 Å². The maximum Gasteiger partial charge on any atom is 0.277 e. The largest absolute Gasteiger partial charge is 0.394 e. The van der Waals surface area contributed by atoms with Gasteiger partial charge in [0.05, 0.1) is 43.2 Å². The molecule has 0 aliphatic rings. The molecule has 0 aliphatic carbocycles. The highest BCUT2D eigenvalue weighted by atomic mass is 127. The van der Waals surface area contributed by atoms with Crippen molar-refractivity contribution in [3.8, 4) is 0 Å². The van der Waals surface area contributed by atoms with E-state index in [9.17, 15) is 22.8 Å². The molecule has 5 N–H and O–H groups in total. The van der Waals surface area contributed by atoms with Crippen LogP contribution in [0.4, 0.5) is 24.5 Å². The Kier molecular flexibility index (Phi) is 10.8. The fourth-order valence-electron chi connectivity index (χ4n) is 2.52. The average molecular weight is 582 g/mol. The molecule has 9 nitrogen and oxygen atoms in total. The molecule has 0 radical (unpaired) electrons. The SMILES string of the molecule is CNC(=O)CCONCc1cc(C(=O)NOCCO)c(Nc2ccc(I)cc2F)c(F)c1F. The highest BCUT2D eigenvalue weighted by Gasteiger charge is 2.24. The third-order valence-electron chi connectivity index (χ3n) is 4.15. The summed E-state index contributed by atoms with van der Waals surface area (Å²) in [6, 6.07) is 5.07. The molecule has 2 aromatic rings. The van der Waals surface area contributed by atoms with E-state index >= 15 is 0 Å². The summed E-state index contributed by atoms with van der Waals surface area (Å²) in [5, 5.41) is 13.6. The van der Waals surface area contributed by atoms with Crippen LogP contribution in [0, 0.1) is 21.0 Å². The second-order valence-electron chi connectivity index (χ2n) is 6.43. The zero-order valence-electron chi connectivity index (χ0n) is 17.4. The Morgan fingerprint density at radius 1 is 1.09 bits per heavy atom. The molecule has 0 bridgehead atoms. The number of hydrogen-bond acceptors (Lipinski definition) is 7. The topological polar surface area (TPSA) is 121 Å². The second kappa shape index (κ2) is 13.3. The minimum absolute atomic E-state index is 0.0299. The van der Waals surface area contributed by atoms with E-state index in [2.05, 4.69) is 16.1 Å². The smallest absolute Gasteiger partial charge is 0.277 e. The lowest BCUT2D eigenvalue weighted by Gasteiger charge is -2.17. The first kappa shape index (κ1) is 26.8. The Balaban J connectivity index is 2.30. The summed E-state index contributed by atoms with van der Waals surface area (Å²) in [5.41, 5.74) is 2.95. The third kappa shape index (κ3) is 7.82. The van der Waals surface area contributed by atoms with E-state index in [1.807, 2.05) is 28.1 Å². The number of rotatable bonds is 12. The van der Waals surface area contributed by atoms with Crippen LogP contribution in [0.15, 0.2) is 24.3 Å². The molecule has 0 aliphatic heterocycles. The maximum absolute atomic E-state index is 15.0. The van der Waals surface area contributed by atoms with Crippen LogP contribution in [-0.4, -0.2) is 43.8 Å². The third-order valence-corrected chi connectivity index (χ3v) is 4.82. The quantitative estimate of drug-likeness (QED) is 0.148. The number of aliphatic hydroxyl groups excluding tert-OH is 1. The Hall–Kier alpha value is -2.46. The number of hydroxylamine groups is 2. The second-order valence-corrected chi connectivity index (χ2v) is 7.68. The predicted octanol–water partition coefficient (Wildman–Crippen LogP) is 2.26. The van der Waals surface area contributed by atoms with E-state index in [0.29, 0.717) is 3.57 Å². The minimum atomic E-state index is -1.43. The number of aliphatic hydroxyl groups is 1. The van der Waals surface area contributed by atoms with Crippen molar-refractivity contribution in [3.63, 3.8) is 0 Å². The van der Waals surface area contributed by atoms with Crippen molar-refractivity contribution >= 4 is 45.8 Å². The van der Waals surface area contributed by atoms with E-state index in [1.165, 1.54) is 19.2 Å². The lowest BCUT2D eigenvalue weighted by Crippen LogP contribution is -2.27. The molecule has 2 aromatic carbocycles. The fourth-order valence-corrected chi connectivity index (χ4v) is 2.97. The molecule has 2 rings (SSSR count). The van der Waals surface area contributed by atoms with Crippen LogP contribution >= 0.6 is 22.6 Å². The van der Waals surface area contributed by atoms with Gasteiger partial charge in [0.25, 0.3) is 5.91 Å². The maximum atomic E-state index is 15.0. The van der Waals surface area contributed by atoms with Gasteiger partial charge in [-0.3, -0.25) is 14.4 Å². The van der Waals surface area contributed by atoms with Gasteiger partial charge in [0.15, 0.2) is 11.6 Å². The molecule has 13 heteroatoms. The normalized spacial score (nSPS) is 10.7. The standard InChI is InChI=1S/C20H22F3IN4O5/c1-25-16(30)4-6-32-26-10-11-8-13(20(31)28-33-7-5-29)19(18(23)17(11)22)27-15-3-2-12(24)9-14(15)21/h2-3,8-9,26-27,29H,4-7,10H2,1H3,(H,25,30)(H,28,31). The highest BCUT2D eigenvalue weighted by molar-refractivity contribution is 14.1. The van der Waals surface area contributed by atoms with Crippen molar-refractivity contribution in [2.75, 3.05) is 32.2 Å². The number of anilines is 2. The fraction of sp³-hybridized carbons (Fsp3) is 0.300. The molecule has 0 aromatic heterocycles. The Morgan fingerprint density at radius 2 is 1.85 bits per heavy atom. The van der Waals surface area contributed by atoms with E-state index in [4.69, 9.17) is 14.8 Å². The van der Waals surface area contributed by atoms with Crippen molar-refractivity contribution in [3.05, 3.63) is 56.4 Å². The van der Waals surface area contributed by atoms with Crippen molar-refractivity contribution in [1.29, 1.82) is 0 Å². The van der Waals surface area contributed by atoms with E-state index in [-0.39, 0.29) is 55.5 Å². The molecular weight excluding hydrogens is 560 g/mol. The Bertz CT molecular complexity index is 997. The van der Waals surface area contributed by atoms with Gasteiger partial charge in [-0.25, -0.2) is 18.7 Å². The highest BCUT2D eigenvalue weighted by Crippen LogP contribution is 2.30. The van der Waals surface area contributed by atoms with Gasteiger partial charge in [0, 0.05) is 22.7 Å². The van der Waals surface area contributed by atoms with Crippen LogP contribution in [0.2, 0.25) is 0 Å². The summed E-state index contributed by atoms with van der Waals surface area (Å²) in [5.74, 6) is -4.69. The van der Waals surface area contributed by atoms with Gasteiger partial charge in [-0.05, 0) is 46.9 Å². The average Bonchev–Trinajstić information content (AvgIpc) is 2.79. The summed E-state index contributed by atoms with van der Waals surface area (Å²) in [6.07, 6.45) is 0.0423. The van der Waals surface area contributed by atoms with Crippen LogP contribution in [0.1, 0.15) is 22.3 Å². The van der Waals surface area contributed by atoms with Crippen LogP contribution < -0.4 is 21.6 Å². The molecule has 0 unspecified atom stereocenters. The summed E-state index contributed by atoms with van der Waals surface area (Å²) in [7, 11) is 1.46. The molecule has 33 heavy (non-hydrogen) atoms. The van der Waals surface area contributed by atoms with Gasteiger partial charge in [0.1, 0.15) is 5.82 Å². The lowest BCUT2D eigenvalue weighted by atomic mass is 10.1. The first-order valence-corrected chi connectivity index (χ1v) is 10.7. The van der Waals surface area contributed by atoms with Crippen molar-refractivity contribution in [2.24, 2.45) is 0 Å². The minimum Gasteiger partial charge on any atom is -0.394 e. The summed E-state index contributed by atoms with van der Waals surface area (Å²) >= 11 is 1.89. The molecule has 0 heterocycles. The van der Waals surface area contributed by atoms with Gasteiger partial charge in [-0.2, -0.15) is 5.48 Å². The number of carbonyl (C=O) groups excluding carboxylic acids is 2. The Labute approximate surface area is 201 Å². The van der Waals surface area contributed by atoms with E-state index in [1.54, 1.807) is 6.07 Å². The van der Waals surface area contributed by atoms with Gasteiger partial charge in [-0.1, -0.05) is 0 Å². The van der Waals surface area contributed by atoms with E-state index in [0.717, 1.165) is 6.07 Å². The number of amides is 2. The summed E-state index contributed by atoms with van der Waals surface area (Å²) < 4.78 is 44.5. The molecule has 180 valence electrons. The monoisotopic (exact) mass is 582 g/mol. The van der Waals surface area contributed by atoms with Gasteiger partial charge >= 0.3 is 0 Å². The molecular formula is C20H22F3IN4O5. The number of halogens is 4. The van der Waals surface area contributed by atoms with Gasteiger partial charge < -0.3 is 20.6 Å². The first-order valence-electron chi connectivity index (χ1n) is 9.59.